The third kappa shape index (κ3) is 4.56. The van der Waals surface area contributed by atoms with Gasteiger partial charge in [-0.25, -0.2) is 19.0 Å². The zero-order valence-electron chi connectivity index (χ0n) is 23.0. The molecular formula is C27H33B2FN8. The molecule has 11 heteroatoms. The Bertz CT molecular complexity index is 1460. The lowest BCUT2D eigenvalue weighted by molar-refractivity contribution is 0.306. The monoisotopic (exact) mass is 510 g/mol. The van der Waals surface area contributed by atoms with Gasteiger partial charge in [-0.15, -0.1) is 5.10 Å². The van der Waals surface area contributed by atoms with Crippen LogP contribution in [0, 0.1) is 6.92 Å². The average molecular weight is 510 g/mol. The van der Waals surface area contributed by atoms with Gasteiger partial charge in [0.2, 0.25) is 0 Å². The van der Waals surface area contributed by atoms with Gasteiger partial charge < -0.3 is 9.47 Å². The highest BCUT2D eigenvalue weighted by molar-refractivity contribution is 6.36. The van der Waals surface area contributed by atoms with Crippen LogP contribution in [0.3, 0.4) is 0 Å². The van der Waals surface area contributed by atoms with Crippen LogP contribution in [0.15, 0.2) is 30.6 Å². The molecule has 194 valence electrons. The van der Waals surface area contributed by atoms with Crippen LogP contribution in [-0.4, -0.2) is 56.8 Å². The predicted molar refractivity (Wildman–Crippen MR) is 150 cm³/mol. The van der Waals surface area contributed by atoms with Gasteiger partial charge in [0.25, 0.3) is 0 Å². The van der Waals surface area contributed by atoms with Gasteiger partial charge in [-0.05, 0) is 71.2 Å². The van der Waals surface area contributed by atoms with Gasteiger partial charge >= 0.3 is 0 Å². The molecule has 1 aliphatic heterocycles. The molecular weight excluding hydrogens is 477 g/mol. The minimum atomic E-state index is -2.02. The number of rotatable bonds is 7. The fourth-order valence-corrected chi connectivity index (χ4v) is 5.18. The first-order chi connectivity index (χ1) is 18.0. The molecule has 0 aliphatic carbocycles. The summed E-state index contributed by atoms with van der Waals surface area (Å²) in [5, 5.41) is 9.42. The molecule has 0 saturated carbocycles. The lowest BCUT2D eigenvalue weighted by Crippen LogP contribution is -2.31. The minimum absolute atomic E-state index is 0.0414. The molecule has 1 aromatic carbocycles. The molecule has 2 unspecified atom stereocenters. The summed E-state index contributed by atoms with van der Waals surface area (Å²) in [6.45, 7) is 11.0. The molecule has 4 aromatic rings. The van der Waals surface area contributed by atoms with Crippen LogP contribution < -0.4 is 10.4 Å². The Labute approximate surface area is 226 Å². The van der Waals surface area contributed by atoms with Crippen molar-refractivity contribution in [2.24, 2.45) is 0 Å². The van der Waals surface area contributed by atoms with E-state index in [2.05, 4.69) is 35.9 Å². The normalized spacial score (nSPS) is 17.0. The molecule has 3 aromatic heterocycles. The van der Waals surface area contributed by atoms with Crippen molar-refractivity contribution in [3.8, 4) is 22.9 Å². The molecule has 0 amide bonds. The summed E-state index contributed by atoms with van der Waals surface area (Å²) in [7, 11) is 14.3. The summed E-state index contributed by atoms with van der Waals surface area (Å²) >= 11 is 0. The number of hydrogen-bond acceptors (Lipinski definition) is 5. The van der Waals surface area contributed by atoms with E-state index in [1.54, 1.807) is 6.20 Å². The van der Waals surface area contributed by atoms with Crippen molar-refractivity contribution in [1.29, 1.82) is 0 Å². The summed E-state index contributed by atoms with van der Waals surface area (Å²) in [4.78, 5) is 11.7. The van der Waals surface area contributed by atoms with Crippen molar-refractivity contribution in [2.75, 3.05) is 11.9 Å². The summed E-state index contributed by atoms with van der Waals surface area (Å²) in [5.41, 5.74) is 2.45. The molecule has 4 radical (unpaired) electrons. The Hall–Kier alpha value is -3.36. The van der Waals surface area contributed by atoms with Gasteiger partial charge in [0.1, 0.15) is 38.6 Å². The smallest absolute Gasteiger partial charge is 0.200 e. The standard InChI is InChI=1S/C27H33B2FN8/c1-7-36-15-22(27(5,29)30)32-25(36)19-11-10-18(13-20(19)28)35(6)21-9-8-12-37-26(21)33-24(34-37)23-17(4)14-31-38(23)16(2)3/h10-11,13-16,21H,7-9,12H2,1-6H3. The molecule has 0 fully saturated rings. The van der Waals surface area contributed by atoms with Crippen LogP contribution in [-0.2, 0) is 18.7 Å². The topological polar surface area (TPSA) is 69.6 Å². The van der Waals surface area contributed by atoms with Crippen molar-refractivity contribution < 1.29 is 4.39 Å². The predicted octanol–water partition coefficient (Wildman–Crippen LogP) is 3.99. The average Bonchev–Trinajstić information content (AvgIpc) is 3.58. The zero-order chi connectivity index (χ0) is 27.4. The number of imidazole rings is 1. The molecule has 5 rings (SSSR count). The second kappa shape index (κ2) is 9.75. The van der Waals surface area contributed by atoms with Crippen molar-refractivity contribution in [3.63, 3.8) is 0 Å². The van der Waals surface area contributed by atoms with Crippen molar-refractivity contribution in [2.45, 2.75) is 78.2 Å². The van der Waals surface area contributed by atoms with Gasteiger partial charge in [0, 0.05) is 43.6 Å². The number of aryl methyl sites for hydroxylation is 3. The third-order valence-electron chi connectivity index (χ3n) is 7.29. The van der Waals surface area contributed by atoms with Gasteiger partial charge in [0.15, 0.2) is 5.82 Å². The minimum Gasteiger partial charge on any atom is -0.364 e. The summed E-state index contributed by atoms with van der Waals surface area (Å²) in [5.74, 6) is 2.24. The van der Waals surface area contributed by atoms with Crippen LogP contribution in [0.2, 0.25) is 0 Å². The van der Waals surface area contributed by atoms with Crippen LogP contribution in [0.5, 0.6) is 0 Å². The molecule has 0 spiro atoms. The SMILES string of the molecule is [B]c1cc(N(C)C2CCCn3nc(-c4c(C)cnn4C(C)C)nc32)ccc1-c1nc(C([B])(C)F)cn1CC. The van der Waals surface area contributed by atoms with E-state index in [4.69, 9.17) is 25.8 Å². The Balaban J connectivity index is 1.47. The van der Waals surface area contributed by atoms with Crippen LogP contribution in [0.1, 0.15) is 69.7 Å². The highest BCUT2D eigenvalue weighted by Crippen LogP contribution is 2.35. The van der Waals surface area contributed by atoms with Gasteiger partial charge in [-0.2, -0.15) is 5.10 Å². The second-order valence-electron chi connectivity index (χ2n) is 10.6. The molecule has 0 saturated heterocycles. The van der Waals surface area contributed by atoms with Crippen LogP contribution >= 0.6 is 0 Å². The molecule has 4 heterocycles. The summed E-state index contributed by atoms with van der Waals surface area (Å²) in [6.07, 6.45) is 5.47. The lowest BCUT2D eigenvalue weighted by Gasteiger charge is -2.32. The number of fused-ring (bicyclic) bond motifs is 1. The maximum absolute atomic E-state index is 14.4. The molecule has 1 aliphatic rings. The Morgan fingerprint density at radius 3 is 2.68 bits per heavy atom. The van der Waals surface area contributed by atoms with Crippen molar-refractivity contribution in [3.05, 3.63) is 47.7 Å². The molecule has 38 heavy (non-hydrogen) atoms. The first-order valence-electron chi connectivity index (χ1n) is 13.2. The van der Waals surface area contributed by atoms with Crippen LogP contribution in [0.25, 0.3) is 22.9 Å². The highest BCUT2D eigenvalue weighted by Gasteiger charge is 2.30. The number of anilines is 1. The number of aromatic nitrogens is 7. The maximum atomic E-state index is 14.4. The highest BCUT2D eigenvalue weighted by atomic mass is 19.1. The Morgan fingerprint density at radius 2 is 2.03 bits per heavy atom. The first-order valence-corrected chi connectivity index (χ1v) is 13.2. The molecule has 8 nitrogen and oxygen atoms in total. The third-order valence-corrected chi connectivity index (χ3v) is 7.29. The van der Waals surface area contributed by atoms with E-state index >= 15 is 0 Å². The number of hydrogen-bond donors (Lipinski definition) is 0. The van der Waals surface area contributed by atoms with Gasteiger partial charge in [0.05, 0.1) is 17.9 Å². The molecule has 0 bridgehead atoms. The first kappa shape index (κ1) is 26.3. The summed E-state index contributed by atoms with van der Waals surface area (Å²) in [6, 6.07) is 6.15. The fourth-order valence-electron chi connectivity index (χ4n) is 5.18. The van der Waals surface area contributed by atoms with Crippen molar-refractivity contribution in [1.82, 2.24) is 34.1 Å². The largest absolute Gasteiger partial charge is 0.364 e. The number of nitrogens with zero attached hydrogens (tertiary/aromatic N) is 8. The number of alkyl halides is 1. The van der Waals surface area contributed by atoms with E-state index in [1.165, 1.54) is 6.92 Å². The Kier molecular flexibility index (Phi) is 6.73. The van der Waals surface area contributed by atoms with E-state index < -0.39 is 5.57 Å². The molecule has 0 N–H and O–H groups in total. The van der Waals surface area contributed by atoms with Gasteiger partial charge in [-0.3, -0.25) is 4.68 Å². The lowest BCUT2D eigenvalue weighted by atomic mass is 9.83. The zero-order valence-corrected chi connectivity index (χ0v) is 23.0. The quantitative estimate of drug-likeness (QED) is 0.352. The van der Waals surface area contributed by atoms with E-state index in [-0.39, 0.29) is 17.8 Å². The van der Waals surface area contributed by atoms with E-state index in [9.17, 15) is 4.39 Å². The second-order valence-corrected chi connectivity index (χ2v) is 10.6. The van der Waals surface area contributed by atoms with E-state index in [0.29, 0.717) is 23.7 Å². The summed E-state index contributed by atoms with van der Waals surface area (Å²) < 4.78 is 20.3. The number of benzene rings is 1. The van der Waals surface area contributed by atoms with Crippen molar-refractivity contribution >= 4 is 26.8 Å². The molecule has 2 atom stereocenters. The van der Waals surface area contributed by atoms with E-state index in [1.807, 2.05) is 52.2 Å². The fraction of sp³-hybridized carbons (Fsp3) is 0.481. The number of halogens is 1. The van der Waals surface area contributed by atoms with E-state index in [0.717, 1.165) is 47.7 Å². The Morgan fingerprint density at radius 1 is 1.26 bits per heavy atom. The maximum Gasteiger partial charge on any atom is 0.200 e. The van der Waals surface area contributed by atoms with Crippen LogP contribution in [0.4, 0.5) is 10.1 Å². The van der Waals surface area contributed by atoms with Gasteiger partial charge in [-0.1, -0.05) is 5.46 Å².